The van der Waals surface area contributed by atoms with Crippen LogP contribution in [-0.2, 0) is 0 Å². The Labute approximate surface area is 94.5 Å². The quantitative estimate of drug-likeness (QED) is 0.633. The number of hydrogen-bond donors (Lipinski definition) is 3. The van der Waals surface area contributed by atoms with Crippen LogP contribution in [0.2, 0.25) is 0 Å². The van der Waals surface area contributed by atoms with Gasteiger partial charge in [0.15, 0.2) is 0 Å². The van der Waals surface area contributed by atoms with E-state index >= 15 is 0 Å². The molecule has 1 amide bonds. The van der Waals surface area contributed by atoms with Gasteiger partial charge in [0.25, 0.3) is 5.91 Å². The van der Waals surface area contributed by atoms with Gasteiger partial charge in [-0.25, -0.2) is 0 Å². The van der Waals surface area contributed by atoms with Crippen LogP contribution in [0.4, 0.5) is 5.69 Å². The third-order valence-corrected chi connectivity index (χ3v) is 3.09. The number of rotatable bonds is 2. The number of thiophene rings is 1. The van der Waals surface area contributed by atoms with E-state index in [0.29, 0.717) is 11.4 Å². The maximum Gasteiger partial charge on any atom is 0.272 e. The molecule has 0 aliphatic rings. The van der Waals surface area contributed by atoms with Gasteiger partial charge in [-0.1, -0.05) is 0 Å². The lowest BCUT2D eigenvalue weighted by molar-refractivity contribution is 0.102. The van der Waals surface area contributed by atoms with E-state index in [2.05, 4.69) is 20.5 Å². The maximum absolute atomic E-state index is 11.8. The van der Waals surface area contributed by atoms with Crippen molar-refractivity contribution in [1.82, 2.24) is 15.2 Å². The third kappa shape index (κ3) is 1.49. The second kappa shape index (κ2) is 3.49. The normalized spacial score (nSPS) is 10.8. The fourth-order valence-electron chi connectivity index (χ4n) is 1.49. The summed E-state index contributed by atoms with van der Waals surface area (Å²) >= 11 is 1.58. The minimum Gasteiger partial charge on any atom is -0.342 e. The van der Waals surface area contributed by atoms with Crippen LogP contribution in [0.25, 0.3) is 10.2 Å². The zero-order chi connectivity index (χ0) is 11.0. The summed E-state index contributed by atoms with van der Waals surface area (Å²) in [6.45, 7) is 0. The molecule has 16 heavy (non-hydrogen) atoms. The van der Waals surface area contributed by atoms with E-state index in [1.54, 1.807) is 23.7 Å². The van der Waals surface area contributed by atoms with Crippen LogP contribution in [-0.4, -0.2) is 21.1 Å². The van der Waals surface area contributed by atoms with Crippen molar-refractivity contribution in [3.8, 4) is 0 Å². The predicted molar refractivity (Wildman–Crippen MR) is 62.7 cm³/mol. The molecule has 0 aliphatic carbocycles. The molecule has 0 bridgehead atoms. The first-order valence-corrected chi connectivity index (χ1v) is 5.57. The van der Waals surface area contributed by atoms with Gasteiger partial charge >= 0.3 is 0 Å². The minimum atomic E-state index is -0.162. The van der Waals surface area contributed by atoms with Crippen LogP contribution in [0.1, 0.15) is 10.5 Å². The standard InChI is InChI=1S/C10H8N4OS/c15-9(13-7-4-11-12-5-7)8-3-6-1-2-16-10(6)14-8/h1-5,14H,(H,11,12)(H,13,15). The Morgan fingerprint density at radius 1 is 1.50 bits per heavy atom. The van der Waals surface area contributed by atoms with Gasteiger partial charge in [-0.2, -0.15) is 5.10 Å². The zero-order valence-electron chi connectivity index (χ0n) is 8.15. The number of aromatic amines is 2. The summed E-state index contributed by atoms with van der Waals surface area (Å²) < 4.78 is 0. The van der Waals surface area contributed by atoms with Crippen molar-refractivity contribution in [3.05, 3.63) is 35.6 Å². The van der Waals surface area contributed by atoms with Crippen molar-refractivity contribution in [1.29, 1.82) is 0 Å². The molecule has 0 saturated heterocycles. The smallest absolute Gasteiger partial charge is 0.272 e. The number of anilines is 1. The molecule has 3 rings (SSSR count). The number of nitrogens with zero attached hydrogens (tertiary/aromatic N) is 1. The zero-order valence-corrected chi connectivity index (χ0v) is 8.97. The number of carbonyl (C=O) groups excluding carboxylic acids is 1. The largest absolute Gasteiger partial charge is 0.342 e. The number of nitrogens with one attached hydrogen (secondary N) is 3. The molecule has 6 heteroatoms. The van der Waals surface area contributed by atoms with Crippen molar-refractivity contribution >= 4 is 33.1 Å². The summed E-state index contributed by atoms with van der Waals surface area (Å²) in [5, 5.41) is 12.2. The maximum atomic E-state index is 11.8. The fourth-order valence-corrected chi connectivity index (χ4v) is 2.27. The van der Waals surface area contributed by atoms with Gasteiger partial charge in [-0.05, 0) is 17.5 Å². The van der Waals surface area contributed by atoms with E-state index in [1.165, 1.54) is 0 Å². The molecule has 3 aromatic rings. The lowest BCUT2D eigenvalue weighted by Crippen LogP contribution is -2.11. The highest BCUT2D eigenvalue weighted by atomic mass is 32.1. The van der Waals surface area contributed by atoms with E-state index in [0.717, 1.165) is 10.2 Å². The molecule has 0 aliphatic heterocycles. The lowest BCUT2D eigenvalue weighted by Gasteiger charge is -1.98. The first-order valence-electron chi connectivity index (χ1n) is 4.69. The highest BCUT2D eigenvalue weighted by Gasteiger charge is 2.10. The first kappa shape index (κ1) is 9.17. The third-order valence-electron chi connectivity index (χ3n) is 2.24. The average molecular weight is 232 g/mol. The van der Waals surface area contributed by atoms with Gasteiger partial charge in [0.1, 0.15) is 10.5 Å². The Morgan fingerprint density at radius 2 is 2.44 bits per heavy atom. The van der Waals surface area contributed by atoms with Crippen molar-refractivity contribution in [2.75, 3.05) is 5.32 Å². The number of hydrogen-bond acceptors (Lipinski definition) is 3. The molecule has 5 nitrogen and oxygen atoms in total. The summed E-state index contributed by atoms with van der Waals surface area (Å²) in [6.07, 6.45) is 3.19. The van der Waals surface area contributed by atoms with Crippen LogP contribution in [0.3, 0.4) is 0 Å². The fraction of sp³-hybridized carbons (Fsp3) is 0. The van der Waals surface area contributed by atoms with E-state index in [1.807, 2.05) is 17.5 Å². The average Bonchev–Trinajstić information content (AvgIpc) is 2.91. The van der Waals surface area contributed by atoms with E-state index in [4.69, 9.17) is 0 Å². The molecule has 3 aromatic heterocycles. The molecular weight excluding hydrogens is 224 g/mol. The van der Waals surface area contributed by atoms with Gasteiger partial charge < -0.3 is 10.3 Å². The highest BCUT2D eigenvalue weighted by molar-refractivity contribution is 7.16. The molecule has 3 N–H and O–H groups in total. The van der Waals surface area contributed by atoms with Gasteiger partial charge in [0.2, 0.25) is 0 Å². The molecule has 80 valence electrons. The number of H-pyrrole nitrogens is 2. The highest BCUT2D eigenvalue weighted by Crippen LogP contribution is 2.21. The molecular formula is C10H8N4OS. The first-order chi connectivity index (χ1) is 7.83. The summed E-state index contributed by atoms with van der Waals surface area (Å²) in [6, 6.07) is 3.81. The van der Waals surface area contributed by atoms with Crippen LogP contribution in [0, 0.1) is 0 Å². The molecule has 0 unspecified atom stereocenters. The van der Waals surface area contributed by atoms with Gasteiger partial charge in [0, 0.05) is 11.6 Å². The van der Waals surface area contributed by atoms with Gasteiger partial charge in [-0.3, -0.25) is 9.89 Å². The van der Waals surface area contributed by atoms with Crippen molar-refractivity contribution in [3.63, 3.8) is 0 Å². The molecule has 0 radical (unpaired) electrons. The number of aromatic nitrogens is 3. The monoisotopic (exact) mass is 232 g/mol. The Kier molecular flexibility index (Phi) is 2.00. The molecule has 0 saturated carbocycles. The van der Waals surface area contributed by atoms with Crippen LogP contribution < -0.4 is 5.32 Å². The second-order valence-electron chi connectivity index (χ2n) is 3.33. The Morgan fingerprint density at radius 3 is 3.19 bits per heavy atom. The van der Waals surface area contributed by atoms with Gasteiger partial charge in [-0.15, -0.1) is 11.3 Å². The number of carbonyl (C=O) groups is 1. The van der Waals surface area contributed by atoms with Gasteiger partial charge in [0.05, 0.1) is 11.9 Å². The molecule has 0 aromatic carbocycles. The number of fused-ring (bicyclic) bond motifs is 1. The molecule has 0 spiro atoms. The Balaban J connectivity index is 1.87. The van der Waals surface area contributed by atoms with Crippen molar-refractivity contribution in [2.24, 2.45) is 0 Å². The van der Waals surface area contributed by atoms with E-state index < -0.39 is 0 Å². The second-order valence-corrected chi connectivity index (χ2v) is 4.25. The van der Waals surface area contributed by atoms with Crippen molar-refractivity contribution < 1.29 is 4.79 Å². The van der Waals surface area contributed by atoms with Crippen LogP contribution in [0.15, 0.2) is 29.9 Å². The lowest BCUT2D eigenvalue weighted by atomic mass is 10.3. The summed E-state index contributed by atoms with van der Waals surface area (Å²) in [5.41, 5.74) is 1.21. The topological polar surface area (TPSA) is 73.6 Å². The predicted octanol–water partition coefficient (Wildman–Crippen LogP) is 2.20. The van der Waals surface area contributed by atoms with Crippen LogP contribution >= 0.6 is 11.3 Å². The van der Waals surface area contributed by atoms with E-state index in [9.17, 15) is 4.79 Å². The summed E-state index contributed by atoms with van der Waals surface area (Å²) in [5.74, 6) is -0.162. The Hall–Kier alpha value is -2.08. The van der Waals surface area contributed by atoms with Crippen molar-refractivity contribution in [2.45, 2.75) is 0 Å². The molecule has 3 heterocycles. The summed E-state index contributed by atoms with van der Waals surface area (Å²) in [4.78, 5) is 15.9. The summed E-state index contributed by atoms with van der Waals surface area (Å²) in [7, 11) is 0. The van der Waals surface area contributed by atoms with E-state index in [-0.39, 0.29) is 5.91 Å². The van der Waals surface area contributed by atoms with Crippen LogP contribution in [0.5, 0.6) is 0 Å². The SMILES string of the molecule is O=C(Nc1cn[nH]c1)c1cc2ccsc2[nH]1. The minimum absolute atomic E-state index is 0.162. The number of amides is 1. The molecule has 0 fully saturated rings. The molecule has 0 atom stereocenters. The Bertz CT molecular complexity index is 594.